The van der Waals surface area contributed by atoms with Crippen molar-refractivity contribution in [1.82, 2.24) is 4.90 Å². The zero-order valence-corrected chi connectivity index (χ0v) is 11.8. The van der Waals surface area contributed by atoms with Crippen LogP contribution in [0.3, 0.4) is 0 Å². The zero-order chi connectivity index (χ0) is 15.7. The molecule has 1 aromatic carbocycles. The average molecular weight is 290 g/mol. The standard InChI is InChI=1S/C14H14N2O5/c1-8-6-9(4-5-10(8)15(2)3)7-11-12(17)16(13(18)19)14(20)21-11/h4-7H,1-3H3,(H,18,19)/b11-7+. The molecule has 0 aromatic heterocycles. The molecule has 3 amide bonds. The van der Waals surface area contributed by atoms with Gasteiger partial charge in [-0.1, -0.05) is 6.07 Å². The van der Waals surface area contributed by atoms with Crippen LogP contribution in [0.15, 0.2) is 24.0 Å². The fourth-order valence-corrected chi connectivity index (χ4v) is 2.05. The molecule has 7 nitrogen and oxygen atoms in total. The number of carboxylic acid groups (broad SMARTS) is 1. The highest BCUT2D eigenvalue weighted by molar-refractivity contribution is 6.18. The van der Waals surface area contributed by atoms with Crippen LogP contribution < -0.4 is 4.90 Å². The molecular weight excluding hydrogens is 276 g/mol. The Bertz CT molecular complexity index is 663. The molecule has 1 saturated heterocycles. The highest BCUT2D eigenvalue weighted by Gasteiger charge is 2.41. The van der Waals surface area contributed by atoms with Gasteiger partial charge in [0.2, 0.25) is 0 Å². The molecule has 1 aromatic rings. The molecule has 1 aliphatic heterocycles. The third kappa shape index (κ3) is 2.71. The number of hydrogen-bond acceptors (Lipinski definition) is 5. The van der Waals surface area contributed by atoms with Crippen molar-refractivity contribution in [2.75, 3.05) is 19.0 Å². The van der Waals surface area contributed by atoms with Crippen LogP contribution in [0.5, 0.6) is 0 Å². The van der Waals surface area contributed by atoms with Crippen LogP contribution in [0.1, 0.15) is 11.1 Å². The lowest BCUT2D eigenvalue weighted by Crippen LogP contribution is -2.33. The number of ether oxygens (including phenoxy) is 1. The molecule has 0 spiro atoms. The molecular formula is C14H14N2O5. The molecule has 7 heteroatoms. The lowest BCUT2D eigenvalue weighted by atomic mass is 10.1. The van der Waals surface area contributed by atoms with Crippen molar-refractivity contribution in [3.63, 3.8) is 0 Å². The molecule has 21 heavy (non-hydrogen) atoms. The van der Waals surface area contributed by atoms with Gasteiger partial charge < -0.3 is 14.7 Å². The normalized spacial score (nSPS) is 16.3. The Hall–Kier alpha value is -2.83. The molecule has 0 saturated carbocycles. The maximum atomic E-state index is 11.7. The van der Waals surface area contributed by atoms with E-state index < -0.39 is 18.1 Å². The van der Waals surface area contributed by atoms with Gasteiger partial charge in [-0.25, -0.2) is 9.59 Å². The molecule has 1 N–H and O–H groups in total. The Balaban J connectivity index is 2.33. The number of aryl methyl sites for hydroxylation is 1. The van der Waals surface area contributed by atoms with E-state index in [-0.39, 0.29) is 10.7 Å². The summed E-state index contributed by atoms with van der Waals surface area (Å²) in [4.78, 5) is 35.8. The Labute approximate surface area is 121 Å². The first-order valence-corrected chi connectivity index (χ1v) is 6.10. The summed E-state index contributed by atoms with van der Waals surface area (Å²) in [6, 6.07) is 5.42. The van der Waals surface area contributed by atoms with Crippen molar-refractivity contribution in [1.29, 1.82) is 0 Å². The summed E-state index contributed by atoms with van der Waals surface area (Å²) in [7, 11) is 3.82. The molecule has 0 bridgehead atoms. The number of nitrogens with zero attached hydrogens (tertiary/aromatic N) is 2. The van der Waals surface area contributed by atoms with E-state index in [2.05, 4.69) is 4.74 Å². The lowest BCUT2D eigenvalue weighted by molar-refractivity contribution is -0.121. The minimum absolute atomic E-state index is 0.0346. The third-order valence-corrected chi connectivity index (χ3v) is 2.99. The van der Waals surface area contributed by atoms with Crippen molar-refractivity contribution in [2.45, 2.75) is 6.92 Å². The van der Waals surface area contributed by atoms with E-state index in [9.17, 15) is 14.4 Å². The summed E-state index contributed by atoms with van der Waals surface area (Å²) in [6.07, 6.45) is -1.52. The topological polar surface area (TPSA) is 87.1 Å². The van der Waals surface area contributed by atoms with E-state index in [1.165, 1.54) is 6.08 Å². The second-order valence-electron chi connectivity index (χ2n) is 4.74. The van der Waals surface area contributed by atoms with E-state index in [0.717, 1.165) is 11.3 Å². The Morgan fingerprint density at radius 1 is 1.33 bits per heavy atom. The van der Waals surface area contributed by atoms with Crippen LogP contribution in [0.25, 0.3) is 6.08 Å². The molecule has 1 aliphatic rings. The number of carbonyl (C=O) groups is 3. The fourth-order valence-electron chi connectivity index (χ4n) is 2.05. The molecule has 0 atom stereocenters. The first-order chi connectivity index (χ1) is 9.81. The van der Waals surface area contributed by atoms with E-state index in [0.29, 0.717) is 5.56 Å². The van der Waals surface area contributed by atoms with Gasteiger partial charge in [0.15, 0.2) is 5.76 Å². The quantitative estimate of drug-likeness (QED) is 0.839. The van der Waals surface area contributed by atoms with Gasteiger partial charge in [0.05, 0.1) is 0 Å². The molecule has 0 unspecified atom stereocenters. The summed E-state index contributed by atoms with van der Waals surface area (Å²) < 4.78 is 4.68. The second-order valence-corrected chi connectivity index (χ2v) is 4.74. The van der Waals surface area contributed by atoms with Crippen molar-refractivity contribution < 1.29 is 24.2 Å². The van der Waals surface area contributed by atoms with Crippen molar-refractivity contribution >= 4 is 29.9 Å². The third-order valence-electron chi connectivity index (χ3n) is 2.99. The summed E-state index contributed by atoms with van der Waals surface area (Å²) in [5.74, 6) is -1.29. The van der Waals surface area contributed by atoms with Crippen LogP contribution in [0, 0.1) is 6.92 Å². The number of rotatable bonds is 2. The number of amides is 3. The van der Waals surface area contributed by atoms with Crippen molar-refractivity contribution in [2.24, 2.45) is 0 Å². The van der Waals surface area contributed by atoms with E-state index in [1.54, 1.807) is 6.07 Å². The maximum absolute atomic E-state index is 11.7. The van der Waals surface area contributed by atoms with Crippen LogP contribution in [0.4, 0.5) is 15.3 Å². The SMILES string of the molecule is Cc1cc(/C=C2/OC(=O)N(C(=O)O)C2=O)ccc1N(C)C. The second kappa shape index (κ2) is 5.28. The summed E-state index contributed by atoms with van der Waals surface area (Å²) >= 11 is 0. The van der Waals surface area contributed by atoms with Crippen molar-refractivity contribution in [3.8, 4) is 0 Å². The monoisotopic (exact) mass is 290 g/mol. The predicted octanol–water partition coefficient (Wildman–Crippen LogP) is 2.06. The smallest absolute Gasteiger partial charge is 0.432 e. The van der Waals surface area contributed by atoms with Gasteiger partial charge in [0.25, 0.3) is 0 Å². The molecule has 1 fully saturated rings. The fraction of sp³-hybridized carbons (Fsp3) is 0.214. The summed E-state index contributed by atoms with van der Waals surface area (Å²) in [5.41, 5.74) is 2.63. The first kappa shape index (κ1) is 14.6. The van der Waals surface area contributed by atoms with Crippen molar-refractivity contribution in [3.05, 3.63) is 35.1 Å². The lowest BCUT2D eigenvalue weighted by Gasteiger charge is -2.15. The minimum atomic E-state index is -1.66. The molecule has 110 valence electrons. The Morgan fingerprint density at radius 2 is 2.00 bits per heavy atom. The number of cyclic esters (lactones) is 1. The number of carbonyl (C=O) groups excluding carboxylic acids is 2. The summed E-state index contributed by atoms with van der Waals surface area (Å²) in [5, 5.41) is 8.75. The van der Waals surface area contributed by atoms with Gasteiger partial charge in [-0.2, -0.15) is 0 Å². The number of hydrogen-bond donors (Lipinski definition) is 1. The van der Waals surface area contributed by atoms with Crippen LogP contribution in [-0.4, -0.2) is 42.2 Å². The van der Waals surface area contributed by atoms with Gasteiger partial charge in [0, 0.05) is 19.8 Å². The Kier molecular flexibility index (Phi) is 3.66. The van der Waals surface area contributed by atoms with Crippen LogP contribution in [-0.2, 0) is 9.53 Å². The minimum Gasteiger partial charge on any atom is -0.464 e. The van der Waals surface area contributed by atoms with Gasteiger partial charge in [-0.3, -0.25) is 4.79 Å². The van der Waals surface area contributed by atoms with E-state index in [4.69, 9.17) is 5.11 Å². The largest absolute Gasteiger partial charge is 0.464 e. The average Bonchev–Trinajstić information content (AvgIpc) is 2.63. The van der Waals surface area contributed by atoms with Gasteiger partial charge in [-0.05, 0) is 36.3 Å². The van der Waals surface area contributed by atoms with E-state index in [1.807, 2.05) is 38.1 Å². The molecule has 0 aliphatic carbocycles. The molecule has 0 radical (unpaired) electrons. The van der Waals surface area contributed by atoms with Gasteiger partial charge in [0.1, 0.15) is 0 Å². The molecule has 2 rings (SSSR count). The Morgan fingerprint density at radius 3 is 2.48 bits per heavy atom. The highest BCUT2D eigenvalue weighted by Crippen LogP contribution is 2.23. The zero-order valence-electron chi connectivity index (χ0n) is 11.8. The number of anilines is 1. The molecule has 1 heterocycles. The van der Waals surface area contributed by atoms with Crippen LogP contribution in [0.2, 0.25) is 0 Å². The summed E-state index contributed by atoms with van der Waals surface area (Å²) in [6.45, 7) is 1.91. The van der Waals surface area contributed by atoms with Crippen LogP contribution >= 0.6 is 0 Å². The first-order valence-electron chi connectivity index (χ1n) is 6.10. The maximum Gasteiger partial charge on any atom is 0.432 e. The van der Waals surface area contributed by atoms with Gasteiger partial charge >= 0.3 is 18.1 Å². The number of imide groups is 3. The predicted molar refractivity (Wildman–Crippen MR) is 74.8 cm³/mol. The van der Waals surface area contributed by atoms with Gasteiger partial charge in [-0.15, -0.1) is 4.90 Å². The number of benzene rings is 1. The highest BCUT2D eigenvalue weighted by atomic mass is 16.6. The van der Waals surface area contributed by atoms with E-state index >= 15 is 0 Å².